The maximum Gasteiger partial charge on any atom is 0.231 e. The van der Waals surface area contributed by atoms with Crippen LogP contribution in [0.25, 0.3) is 16.6 Å². The average molecular weight is 239 g/mol. The standard InChI is InChI=1S/C13H9N3O2/c1-2-15-13(16-4-3-14-7-16)10-6-12-11(5-9(1)10)17-8-18-12/h1-7H,8H2. The lowest BCUT2D eigenvalue weighted by Gasteiger charge is -2.07. The van der Waals surface area contributed by atoms with Crippen molar-refractivity contribution in [2.24, 2.45) is 0 Å². The molecule has 5 heteroatoms. The molecule has 3 heterocycles. The van der Waals surface area contributed by atoms with Gasteiger partial charge in [-0.15, -0.1) is 0 Å². The fourth-order valence-corrected chi connectivity index (χ4v) is 2.14. The summed E-state index contributed by atoms with van der Waals surface area (Å²) in [4.78, 5) is 8.45. The van der Waals surface area contributed by atoms with E-state index in [9.17, 15) is 0 Å². The zero-order chi connectivity index (χ0) is 11.9. The Morgan fingerprint density at radius 2 is 2.00 bits per heavy atom. The van der Waals surface area contributed by atoms with Gasteiger partial charge in [-0.25, -0.2) is 9.97 Å². The molecule has 0 radical (unpaired) electrons. The van der Waals surface area contributed by atoms with Crippen molar-refractivity contribution in [3.8, 4) is 17.3 Å². The maximum atomic E-state index is 5.40. The first-order valence-corrected chi connectivity index (χ1v) is 5.58. The zero-order valence-corrected chi connectivity index (χ0v) is 9.41. The third-order valence-corrected chi connectivity index (χ3v) is 2.99. The molecule has 0 aliphatic carbocycles. The molecule has 5 nitrogen and oxygen atoms in total. The summed E-state index contributed by atoms with van der Waals surface area (Å²) in [5.41, 5.74) is 0. The van der Waals surface area contributed by atoms with Crippen LogP contribution in [0.15, 0.2) is 43.1 Å². The number of imidazole rings is 1. The summed E-state index contributed by atoms with van der Waals surface area (Å²) in [6, 6.07) is 5.89. The van der Waals surface area contributed by atoms with Gasteiger partial charge in [-0.3, -0.25) is 4.57 Å². The van der Waals surface area contributed by atoms with E-state index in [4.69, 9.17) is 9.47 Å². The molecular formula is C13H9N3O2. The Morgan fingerprint density at radius 3 is 2.83 bits per heavy atom. The number of hydrogen-bond donors (Lipinski definition) is 0. The normalized spacial score (nSPS) is 13.1. The van der Waals surface area contributed by atoms with Crippen molar-refractivity contribution in [3.63, 3.8) is 0 Å². The molecule has 0 bridgehead atoms. The van der Waals surface area contributed by atoms with Crippen molar-refractivity contribution >= 4 is 10.8 Å². The lowest BCUT2D eigenvalue weighted by atomic mass is 10.1. The van der Waals surface area contributed by atoms with Gasteiger partial charge in [0.15, 0.2) is 11.5 Å². The number of aromatic nitrogens is 3. The lowest BCUT2D eigenvalue weighted by molar-refractivity contribution is 0.174. The van der Waals surface area contributed by atoms with Crippen molar-refractivity contribution < 1.29 is 9.47 Å². The molecular weight excluding hydrogens is 230 g/mol. The van der Waals surface area contributed by atoms with E-state index in [0.717, 1.165) is 28.1 Å². The number of hydrogen-bond acceptors (Lipinski definition) is 4. The fraction of sp³-hybridized carbons (Fsp3) is 0.0769. The van der Waals surface area contributed by atoms with Gasteiger partial charge in [-0.1, -0.05) is 0 Å². The summed E-state index contributed by atoms with van der Waals surface area (Å²) < 4.78 is 12.7. The lowest BCUT2D eigenvalue weighted by Crippen LogP contribution is -1.95. The number of pyridine rings is 1. The molecule has 3 aromatic rings. The molecule has 0 saturated heterocycles. The number of ether oxygens (including phenoxy) is 2. The second-order valence-corrected chi connectivity index (χ2v) is 4.03. The Morgan fingerprint density at radius 1 is 1.11 bits per heavy atom. The summed E-state index contributed by atoms with van der Waals surface area (Å²) in [6.45, 7) is 0.277. The zero-order valence-electron chi connectivity index (χ0n) is 9.41. The summed E-state index contributed by atoms with van der Waals surface area (Å²) in [5, 5.41) is 2.08. The summed E-state index contributed by atoms with van der Waals surface area (Å²) in [6.07, 6.45) is 7.10. The van der Waals surface area contributed by atoms with Gasteiger partial charge < -0.3 is 9.47 Å². The Kier molecular flexibility index (Phi) is 1.82. The van der Waals surface area contributed by atoms with Crippen LogP contribution in [-0.2, 0) is 0 Å². The van der Waals surface area contributed by atoms with E-state index < -0.39 is 0 Å². The van der Waals surface area contributed by atoms with Gasteiger partial charge in [0.25, 0.3) is 0 Å². The highest BCUT2D eigenvalue weighted by atomic mass is 16.7. The Hall–Kier alpha value is -2.56. The molecule has 0 spiro atoms. The van der Waals surface area contributed by atoms with Crippen molar-refractivity contribution in [3.05, 3.63) is 43.1 Å². The third-order valence-electron chi connectivity index (χ3n) is 2.99. The second kappa shape index (κ2) is 3.46. The highest BCUT2D eigenvalue weighted by Gasteiger charge is 2.16. The van der Waals surface area contributed by atoms with E-state index in [2.05, 4.69) is 9.97 Å². The molecule has 4 rings (SSSR count). The molecule has 0 N–H and O–H groups in total. The van der Waals surface area contributed by atoms with Crippen molar-refractivity contribution in [2.45, 2.75) is 0 Å². The Labute approximate surface area is 103 Å². The molecule has 1 aromatic carbocycles. The SMILES string of the molecule is c1cn(-c2nccc3cc4c(cc23)OCO4)cn1. The first-order chi connectivity index (χ1) is 8.92. The van der Waals surface area contributed by atoms with Gasteiger partial charge in [0.1, 0.15) is 12.1 Å². The van der Waals surface area contributed by atoms with Gasteiger partial charge in [0.2, 0.25) is 6.79 Å². The van der Waals surface area contributed by atoms with Crippen molar-refractivity contribution in [2.75, 3.05) is 6.79 Å². The van der Waals surface area contributed by atoms with Crippen LogP contribution in [0.2, 0.25) is 0 Å². The van der Waals surface area contributed by atoms with E-state index in [1.54, 1.807) is 18.7 Å². The van der Waals surface area contributed by atoms with Crippen molar-refractivity contribution in [1.29, 1.82) is 0 Å². The first kappa shape index (κ1) is 9.47. The van der Waals surface area contributed by atoms with Crippen LogP contribution in [-0.4, -0.2) is 21.3 Å². The molecule has 0 saturated carbocycles. The van der Waals surface area contributed by atoms with E-state index in [1.807, 2.05) is 29.0 Å². The number of rotatable bonds is 1. The summed E-state index contributed by atoms with van der Waals surface area (Å²) in [5.74, 6) is 2.38. The fourth-order valence-electron chi connectivity index (χ4n) is 2.14. The average Bonchev–Trinajstić information content (AvgIpc) is 3.06. The molecule has 18 heavy (non-hydrogen) atoms. The predicted octanol–water partition coefficient (Wildman–Crippen LogP) is 2.15. The number of fused-ring (bicyclic) bond motifs is 2. The highest BCUT2D eigenvalue weighted by Crippen LogP contribution is 2.37. The quantitative estimate of drug-likeness (QED) is 0.652. The van der Waals surface area contributed by atoms with Gasteiger partial charge >= 0.3 is 0 Å². The molecule has 2 aromatic heterocycles. The van der Waals surface area contributed by atoms with E-state index in [-0.39, 0.29) is 6.79 Å². The van der Waals surface area contributed by atoms with E-state index >= 15 is 0 Å². The second-order valence-electron chi connectivity index (χ2n) is 4.03. The van der Waals surface area contributed by atoms with E-state index in [0.29, 0.717) is 0 Å². The molecule has 0 fully saturated rings. The largest absolute Gasteiger partial charge is 0.454 e. The Bertz CT molecular complexity index is 722. The minimum Gasteiger partial charge on any atom is -0.454 e. The number of nitrogens with zero attached hydrogens (tertiary/aromatic N) is 3. The first-order valence-electron chi connectivity index (χ1n) is 5.58. The predicted molar refractivity (Wildman–Crippen MR) is 65.0 cm³/mol. The van der Waals surface area contributed by atoms with E-state index in [1.165, 1.54) is 0 Å². The van der Waals surface area contributed by atoms with Gasteiger partial charge in [-0.2, -0.15) is 0 Å². The molecule has 1 aliphatic heterocycles. The van der Waals surface area contributed by atoms with Gasteiger partial charge in [0.05, 0.1) is 0 Å². The summed E-state index contributed by atoms with van der Waals surface area (Å²) >= 11 is 0. The van der Waals surface area contributed by atoms with Gasteiger partial charge in [-0.05, 0) is 23.6 Å². The van der Waals surface area contributed by atoms with Crippen molar-refractivity contribution in [1.82, 2.24) is 14.5 Å². The van der Waals surface area contributed by atoms with Crippen LogP contribution < -0.4 is 9.47 Å². The molecule has 88 valence electrons. The monoisotopic (exact) mass is 239 g/mol. The number of benzene rings is 1. The van der Waals surface area contributed by atoms with Gasteiger partial charge in [0, 0.05) is 24.0 Å². The van der Waals surface area contributed by atoms with Crippen LogP contribution >= 0.6 is 0 Å². The summed E-state index contributed by atoms with van der Waals surface area (Å²) in [7, 11) is 0. The maximum absolute atomic E-state index is 5.40. The Balaban J connectivity index is 2.04. The van der Waals surface area contributed by atoms with Crippen LogP contribution in [0.3, 0.4) is 0 Å². The molecule has 0 unspecified atom stereocenters. The molecule has 1 aliphatic rings. The molecule has 0 amide bonds. The third kappa shape index (κ3) is 1.27. The highest BCUT2D eigenvalue weighted by molar-refractivity contribution is 5.91. The minimum atomic E-state index is 0.277. The smallest absolute Gasteiger partial charge is 0.231 e. The van der Waals surface area contributed by atoms with Crippen LogP contribution in [0.5, 0.6) is 11.5 Å². The molecule has 0 atom stereocenters. The van der Waals surface area contributed by atoms with Crippen LogP contribution in [0.4, 0.5) is 0 Å². The van der Waals surface area contributed by atoms with Crippen LogP contribution in [0.1, 0.15) is 0 Å². The minimum absolute atomic E-state index is 0.277. The van der Waals surface area contributed by atoms with Crippen LogP contribution in [0, 0.1) is 0 Å². The topological polar surface area (TPSA) is 49.2 Å².